The molecule has 2 rings (SSSR count). The monoisotopic (exact) mass is 504 g/mol. The summed E-state index contributed by atoms with van der Waals surface area (Å²) in [7, 11) is 0. The Kier molecular flexibility index (Phi) is 10.0. The van der Waals surface area contributed by atoms with Crippen molar-refractivity contribution in [3.8, 4) is 11.5 Å². The van der Waals surface area contributed by atoms with Crippen molar-refractivity contribution in [3.63, 3.8) is 0 Å². The molecule has 0 spiro atoms. The molecule has 6 nitrogen and oxygen atoms in total. The van der Waals surface area contributed by atoms with Crippen LogP contribution < -0.4 is 20.3 Å². The fourth-order valence-electron chi connectivity index (χ4n) is 3.01. The summed E-state index contributed by atoms with van der Waals surface area (Å²) in [5, 5.41) is 0. The molecule has 0 aliphatic rings. The average Bonchev–Trinajstić information content (AvgIpc) is 2.76. The molecule has 2 aromatic rings. The molecule has 0 atom stereocenters. The summed E-state index contributed by atoms with van der Waals surface area (Å²) >= 11 is 3.47. The molecule has 2 amide bonds. The lowest BCUT2D eigenvalue weighted by atomic mass is 9.86. The molecular formula is C25H33BrN2O4. The highest BCUT2D eigenvalue weighted by Crippen LogP contribution is 2.33. The van der Waals surface area contributed by atoms with E-state index in [2.05, 4.69) is 54.5 Å². The van der Waals surface area contributed by atoms with E-state index in [0.29, 0.717) is 17.9 Å². The van der Waals surface area contributed by atoms with Crippen LogP contribution in [0.25, 0.3) is 0 Å². The summed E-state index contributed by atoms with van der Waals surface area (Å²) in [6, 6.07) is 12.5. The number of benzene rings is 2. The SMILES string of the molecule is CCCCCCOc1ccc(C(=O)NNC(=O)COc2ccc(Br)cc2C(C)(C)C)cc1. The van der Waals surface area contributed by atoms with Gasteiger partial charge in [-0.15, -0.1) is 0 Å². The second-order valence-electron chi connectivity index (χ2n) is 8.61. The summed E-state index contributed by atoms with van der Waals surface area (Å²) in [5.41, 5.74) is 6.06. The molecule has 0 aromatic heterocycles. The van der Waals surface area contributed by atoms with Gasteiger partial charge in [0, 0.05) is 15.6 Å². The summed E-state index contributed by atoms with van der Waals surface area (Å²) < 4.78 is 12.3. The largest absolute Gasteiger partial charge is 0.494 e. The van der Waals surface area contributed by atoms with Gasteiger partial charge in [-0.3, -0.25) is 20.4 Å². The molecule has 2 aromatic carbocycles. The van der Waals surface area contributed by atoms with E-state index >= 15 is 0 Å². The summed E-state index contributed by atoms with van der Waals surface area (Å²) in [4.78, 5) is 24.4. The fraction of sp³-hybridized carbons (Fsp3) is 0.440. The number of nitrogens with one attached hydrogen (secondary N) is 2. The smallest absolute Gasteiger partial charge is 0.276 e. The molecule has 0 saturated carbocycles. The van der Waals surface area contributed by atoms with Crippen molar-refractivity contribution < 1.29 is 19.1 Å². The van der Waals surface area contributed by atoms with Crippen LogP contribution in [-0.4, -0.2) is 25.0 Å². The zero-order valence-corrected chi connectivity index (χ0v) is 20.9. The number of hydrogen-bond donors (Lipinski definition) is 2. The third-order valence-corrected chi connectivity index (χ3v) is 5.30. The second kappa shape index (κ2) is 12.5. The van der Waals surface area contributed by atoms with Crippen LogP contribution in [0, 0.1) is 0 Å². The highest BCUT2D eigenvalue weighted by atomic mass is 79.9. The quantitative estimate of drug-likeness (QED) is 0.328. The van der Waals surface area contributed by atoms with Crippen molar-refractivity contribution in [3.05, 3.63) is 58.1 Å². The number of halogens is 1. The fourth-order valence-corrected chi connectivity index (χ4v) is 3.37. The van der Waals surface area contributed by atoms with Crippen LogP contribution in [0.3, 0.4) is 0 Å². The van der Waals surface area contributed by atoms with Gasteiger partial charge in [0.2, 0.25) is 0 Å². The number of hydrazine groups is 1. The van der Waals surface area contributed by atoms with Crippen molar-refractivity contribution in [2.24, 2.45) is 0 Å². The molecule has 0 bridgehead atoms. The Morgan fingerprint density at radius 2 is 1.66 bits per heavy atom. The van der Waals surface area contributed by atoms with E-state index in [1.54, 1.807) is 24.3 Å². The lowest BCUT2D eigenvalue weighted by Crippen LogP contribution is -2.43. The molecule has 0 aliphatic carbocycles. The van der Waals surface area contributed by atoms with Gasteiger partial charge in [0.1, 0.15) is 11.5 Å². The lowest BCUT2D eigenvalue weighted by Gasteiger charge is -2.23. The maximum atomic E-state index is 12.3. The number of carbonyl (C=O) groups excluding carboxylic acids is 2. The molecule has 2 N–H and O–H groups in total. The minimum atomic E-state index is -0.451. The molecule has 0 unspecified atom stereocenters. The standard InChI is InChI=1S/C25H33BrN2O4/c1-5-6-7-8-15-31-20-12-9-18(10-13-20)24(30)28-27-23(29)17-32-22-14-11-19(26)16-21(22)25(2,3)4/h9-14,16H,5-8,15,17H2,1-4H3,(H,27,29)(H,28,30). The zero-order chi connectivity index (χ0) is 23.6. The van der Waals surface area contributed by atoms with Gasteiger partial charge in [0.25, 0.3) is 11.8 Å². The minimum Gasteiger partial charge on any atom is -0.494 e. The van der Waals surface area contributed by atoms with E-state index < -0.39 is 11.8 Å². The molecule has 0 radical (unpaired) electrons. The number of hydrogen-bond acceptors (Lipinski definition) is 4. The predicted octanol–water partition coefficient (Wildman–Crippen LogP) is 5.55. The van der Waals surface area contributed by atoms with Crippen LogP contribution in [0.5, 0.6) is 11.5 Å². The second-order valence-corrected chi connectivity index (χ2v) is 9.53. The Morgan fingerprint density at radius 1 is 0.938 bits per heavy atom. The Morgan fingerprint density at radius 3 is 2.31 bits per heavy atom. The molecule has 0 fully saturated rings. The van der Waals surface area contributed by atoms with Crippen LogP contribution >= 0.6 is 15.9 Å². The number of unbranched alkanes of at least 4 members (excludes halogenated alkanes) is 3. The zero-order valence-electron chi connectivity index (χ0n) is 19.3. The van der Waals surface area contributed by atoms with E-state index in [1.165, 1.54) is 12.8 Å². The molecule has 0 saturated heterocycles. The van der Waals surface area contributed by atoms with Crippen molar-refractivity contribution in [2.45, 2.75) is 58.8 Å². The normalized spacial score (nSPS) is 11.0. The van der Waals surface area contributed by atoms with Crippen LogP contribution in [0.2, 0.25) is 0 Å². The predicted molar refractivity (Wildman–Crippen MR) is 130 cm³/mol. The molecule has 0 heterocycles. The van der Waals surface area contributed by atoms with E-state index in [-0.39, 0.29) is 12.0 Å². The van der Waals surface area contributed by atoms with Gasteiger partial charge in [-0.05, 0) is 54.3 Å². The third kappa shape index (κ3) is 8.54. The molecule has 7 heteroatoms. The highest BCUT2D eigenvalue weighted by molar-refractivity contribution is 9.10. The minimum absolute atomic E-state index is 0.144. The Balaban J connectivity index is 1.79. The van der Waals surface area contributed by atoms with Gasteiger partial charge in [0.15, 0.2) is 6.61 Å². The summed E-state index contributed by atoms with van der Waals surface area (Å²) in [6.07, 6.45) is 4.57. The van der Waals surface area contributed by atoms with Crippen molar-refractivity contribution in [1.29, 1.82) is 0 Å². The Labute approximate surface area is 199 Å². The van der Waals surface area contributed by atoms with Gasteiger partial charge >= 0.3 is 0 Å². The lowest BCUT2D eigenvalue weighted by molar-refractivity contribution is -0.123. The van der Waals surface area contributed by atoms with Gasteiger partial charge in [-0.25, -0.2) is 0 Å². The van der Waals surface area contributed by atoms with Gasteiger partial charge in [-0.2, -0.15) is 0 Å². The van der Waals surface area contributed by atoms with Crippen LogP contribution in [0.1, 0.15) is 69.3 Å². The first-order valence-electron chi connectivity index (χ1n) is 11.0. The Hall–Kier alpha value is -2.54. The number of rotatable bonds is 10. The number of amides is 2. The van der Waals surface area contributed by atoms with Crippen molar-refractivity contribution >= 4 is 27.7 Å². The first kappa shape index (κ1) is 25.7. The van der Waals surface area contributed by atoms with Crippen LogP contribution in [0.4, 0.5) is 0 Å². The van der Waals surface area contributed by atoms with Gasteiger partial charge in [0.05, 0.1) is 6.61 Å². The number of ether oxygens (including phenoxy) is 2. The average molecular weight is 505 g/mol. The van der Waals surface area contributed by atoms with E-state index in [0.717, 1.165) is 28.6 Å². The van der Waals surface area contributed by atoms with Gasteiger partial charge in [-0.1, -0.05) is 62.9 Å². The third-order valence-electron chi connectivity index (χ3n) is 4.81. The number of carbonyl (C=O) groups is 2. The first-order valence-corrected chi connectivity index (χ1v) is 11.7. The maximum absolute atomic E-state index is 12.3. The Bertz CT molecular complexity index is 892. The van der Waals surface area contributed by atoms with E-state index in [4.69, 9.17) is 9.47 Å². The topological polar surface area (TPSA) is 76.7 Å². The van der Waals surface area contributed by atoms with E-state index in [9.17, 15) is 9.59 Å². The molecule has 174 valence electrons. The van der Waals surface area contributed by atoms with Crippen LogP contribution in [0.15, 0.2) is 46.9 Å². The molecule has 0 aliphatic heterocycles. The van der Waals surface area contributed by atoms with Gasteiger partial charge < -0.3 is 9.47 Å². The molecular weight excluding hydrogens is 472 g/mol. The van der Waals surface area contributed by atoms with Crippen molar-refractivity contribution in [1.82, 2.24) is 10.9 Å². The molecule has 32 heavy (non-hydrogen) atoms. The first-order chi connectivity index (χ1) is 15.2. The maximum Gasteiger partial charge on any atom is 0.276 e. The van der Waals surface area contributed by atoms with E-state index in [1.807, 2.05) is 18.2 Å². The highest BCUT2D eigenvalue weighted by Gasteiger charge is 2.20. The van der Waals surface area contributed by atoms with Crippen molar-refractivity contribution in [2.75, 3.05) is 13.2 Å². The summed E-state index contributed by atoms with van der Waals surface area (Å²) in [5.74, 6) is 0.493. The van der Waals surface area contributed by atoms with Crippen LogP contribution in [-0.2, 0) is 10.2 Å². The summed E-state index contributed by atoms with van der Waals surface area (Å²) in [6.45, 7) is 8.85.